The third-order valence-electron chi connectivity index (χ3n) is 9.18. The number of nitrogens with one attached hydrogen (secondary N) is 2. The van der Waals surface area contributed by atoms with Crippen molar-refractivity contribution >= 4 is 17.7 Å². The highest BCUT2D eigenvalue weighted by Gasteiger charge is 2.76. The van der Waals surface area contributed by atoms with Crippen LogP contribution in [-0.4, -0.2) is 58.5 Å². The van der Waals surface area contributed by atoms with Crippen molar-refractivity contribution in [3.8, 4) is 0 Å². The zero-order valence-electron chi connectivity index (χ0n) is 21.7. The van der Waals surface area contributed by atoms with E-state index in [9.17, 15) is 14.4 Å². The van der Waals surface area contributed by atoms with Crippen LogP contribution in [0.2, 0.25) is 0 Å². The molecule has 2 aliphatic carbocycles. The standard InChI is InChI=1S/C28H43N3O4/c1-18(2)14-17-31-23(25(33)30-20-12-8-5-9-13-20)28-16-15-27(3,35-28)21(22(28)26(31)34)24(32)29-19-10-6-4-7-11-19/h15-16,18-23H,4-14,17H2,1-3H3,(H,29,32)(H,30,33)/t21-,22+,23+,27+,28-/m0/s1. The van der Waals surface area contributed by atoms with E-state index in [1.165, 1.54) is 12.8 Å². The molecule has 5 rings (SSSR count). The predicted molar refractivity (Wildman–Crippen MR) is 133 cm³/mol. The van der Waals surface area contributed by atoms with Gasteiger partial charge in [0, 0.05) is 18.6 Å². The van der Waals surface area contributed by atoms with Gasteiger partial charge in [-0.1, -0.05) is 64.5 Å². The van der Waals surface area contributed by atoms with Crippen molar-refractivity contribution in [1.29, 1.82) is 0 Å². The van der Waals surface area contributed by atoms with Crippen LogP contribution in [0.4, 0.5) is 0 Å². The lowest BCUT2D eigenvalue weighted by Gasteiger charge is -2.35. The van der Waals surface area contributed by atoms with Crippen LogP contribution in [0, 0.1) is 17.8 Å². The number of nitrogens with zero attached hydrogens (tertiary/aromatic N) is 1. The first-order chi connectivity index (χ1) is 16.7. The zero-order chi connectivity index (χ0) is 24.8. The van der Waals surface area contributed by atoms with Crippen LogP contribution >= 0.6 is 0 Å². The molecular formula is C28H43N3O4. The molecule has 5 atom stereocenters. The minimum Gasteiger partial charge on any atom is -0.356 e. The molecule has 35 heavy (non-hydrogen) atoms. The quantitative estimate of drug-likeness (QED) is 0.541. The monoisotopic (exact) mass is 485 g/mol. The largest absolute Gasteiger partial charge is 0.356 e. The number of carbonyl (C=O) groups excluding carboxylic acids is 3. The highest BCUT2D eigenvalue weighted by Crippen LogP contribution is 2.59. The number of rotatable bonds is 7. The predicted octanol–water partition coefficient (Wildman–Crippen LogP) is 3.47. The van der Waals surface area contributed by atoms with Crippen LogP contribution in [-0.2, 0) is 19.1 Å². The van der Waals surface area contributed by atoms with Gasteiger partial charge in [-0.3, -0.25) is 14.4 Å². The summed E-state index contributed by atoms with van der Waals surface area (Å²) in [5.41, 5.74) is -1.94. The molecule has 1 spiro atoms. The van der Waals surface area contributed by atoms with Crippen molar-refractivity contribution in [2.24, 2.45) is 17.8 Å². The van der Waals surface area contributed by atoms with E-state index < -0.39 is 29.1 Å². The fraction of sp³-hybridized carbons (Fsp3) is 0.821. The number of amides is 3. The first-order valence-corrected chi connectivity index (χ1v) is 14.1. The molecule has 2 N–H and O–H groups in total. The minimum absolute atomic E-state index is 0.0962. The number of hydrogen-bond acceptors (Lipinski definition) is 4. The molecule has 7 nitrogen and oxygen atoms in total. The summed E-state index contributed by atoms with van der Waals surface area (Å²) in [6.45, 7) is 6.66. The van der Waals surface area contributed by atoms with Gasteiger partial charge in [0.2, 0.25) is 17.7 Å². The second-order valence-electron chi connectivity index (χ2n) is 12.2. The van der Waals surface area contributed by atoms with Gasteiger partial charge >= 0.3 is 0 Å². The number of carbonyl (C=O) groups is 3. The summed E-state index contributed by atoms with van der Waals surface area (Å²) < 4.78 is 6.63. The molecule has 3 heterocycles. The number of ether oxygens (including phenoxy) is 1. The van der Waals surface area contributed by atoms with E-state index in [0.717, 1.165) is 57.8 Å². The minimum atomic E-state index is -1.07. The lowest BCUT2D eigenvalue weighted by molar-refractivity contribution is -0.145. The average molecular weight is 486 g/mol. The summed E-state index contributed by atoms with van der Waals surface area (Å²) >= 11 is 0. The molecule has 4 fully saturated rings. The Morgan fingerprint density at radius 3 is 2.11 bits per heavy atom. The Bertz CT molecular complexity index is 875. The van der Waals surface area contributed by atoms with Crippen LogP contribution in [0.3, 0.4) is 0 Å². The Labute approximate surface area is 209 Å². The van der Waals surface area contributed by atoms with Gasteiger partial charge < -0.3 is 20.3 Å². The van der Waals surface area contributed by atoms with Crippen LogP contribution < -0.4 is 10.6 Å². The molecule has 2 saturated carbocycles. The number of hydrogen-bond donors (Lipinski definition) is 2. The second-order valence-corrected chi connectivity index (χ2v) is 12.2. The van der Waals surface area contributed by atoms with Gasteiger partial charge in [0.1, 0.15) is 11.6 Å². The summed E-state index contributed by atoms with van der Waals surface area (Å²) in [5, 5.41) is 6.52. The lowest BCUT2D eigenvalue weighted by Crippen LogP contribution is -2.56. The molecule has 0 unspecified atom stereocenters. The molecule has 0 aromatic heterocycles. The fourth-order valence-electron chi connectivity index (χ4n) is 7.33. The maximum Gasteiger partial charge on any atom is 0.246 e. The Morgan fingerprint density at radius 1 is 0.971 bits per heavy atom. The molecule has 5 aliphatic rings. The lowest BCUT2D eigenvalue weighted by atomic mass is 9.70. The van der Waals surface area contributed by atoms with Crippen molar-refractivity contribution in [1.82, 2.24) is 15.5 Å². The molecule has 2 bridgehead atoms. The smallest absolute Gasteiger partial charge is 0.246 e. The highest BCUT2D eigenvalue weighted by atomic mass is 16.5. The fourth-order valence-corrected chi connectivity index (χ4v) is 7.33. The second kappa shape index (κ2) is 9.53. The van der Waals surface area contributed by atoms with Crippen LogP contribution in [0.15, 0.2) is 12.2 Å². The Hall–Kier alpha value is -1.89. The summed E-state index contributed by atoms with van der Waals surface area (Å²) in [6.07, 6.45) is 15.5. The SMILES string of the molecule is CC(C)CCN1C(=O)[C@H]2[C@@H](C(=O)NC3CCCCC3)[C@@]3(C)C=C[C@@]2(O3)[C@H]1C(=O)NC1CCCCC1. The normalized spacial score (nSPS) is 37.2. The van der Waals surface area contributed by atoms with Crippen LogP contribution in [0.25, 0.3) is 0 Å². The molecule has 3 aliphatic heterocycles. The van der Waals surface area contributed by atoms with Gasteiger partial charge in [0.05, 0.1) is 17.4 Å². The van der Waals surface area contributed by atoms with Gasteiger partial charge in [-0.25, -0.2) is 0 Å². The van der Waals surface area contributed by atoms with E-state index in [4.69, 9.17) is 4.74 Å². The van der Waals surface area contributed by atoms with E-state index >= 15 is 0 Å². The summed E-state index contributed by atoms with van der Waals surface area (Å²) in [7, 11) is 0. The number of likely N-dealkylation sites (tertiary alicyclic amines) is 1. The number of fused-ring (bicyclic) bond motifs is 1. The van der Waals surface area contributed by atoms with E-state index in [0.29, 0.717) is 12.5 Å². The highest BCUT2D eigenvalue weighted by molar-refractivity contribution is 6.00. The van der Waals surface area contributed by atoms with Gasteiger partial charge in [-0.05, 0) is 44.9 Å². The van der Waals surface area contributed by atoms with E-state index in [1.807, 2.05) is 19.1 Å². The van der Waals surface area contributed by atoms with Gasteiger partial charge in [-0.2, -0.15) is 0 Å². The maximum absolute atomic E-state index is 14.0. The van der Waals surface area contributed by atoms with E-state index in [1.54, 1.807) is 4.90 Å². The van der Waals surface area contributed by atoms with Gasteiger partial charge in [0.15, 0.2) is 0 Å². The van der Waals surface area contributed by atoms with Crippen molar-refractivity contribution in [2.45, 2.75) is 121 Å². The van der Waals surface area contributed by atoms with E-state index in [-0.39, 0.29) is 29.8 Å². The summed E-state index contributed by atoms with van der Waals surface area (Å²) in [5.74, 6) is -1.20. The molecule has 3 amide bonds. The van der Waals surface area contributed by atoms with Crippen LogP contribution in [0.1, 0.15) is 91.4 Å². The maximum atomic E-state index is 14.0. The molecule has 0 aromatic rings. The van der Waals surface area contributed by atoms with Crippen molar-refractivity contribution in [3.63, 3.8) is 0 Å². The van der Waals surface area contributed by atoms with Crippen LogP contribution in [0.5, 0.6) is 0 Å². The summed E-state index contributed by atoms with van der Waals surface area (Å²) in [6, 6.07) is -0.415. The molecule has 194 valence electrons. The topological polar surface area (TPSA) is 87.7 Å². The molecule has 0 radical (unpaired) electrons. The van der Waals surface area contributed by atoms with Crippen molar-refractivity contribution < 1.29 is 19.1 Å². The molecule has 0 aromatic carbocycles. The first kappa shape index (κ1) is 24.8. The average Bonchev–Trinajstić information content (AvgIpc) is 3.39. The van der Waals surface area contributed by atoms with E-state index in [2.05, 4.69) is 24.5 Å². The third-order valence-corrected chi connectivity index (χ3v) is 9.18. The van der Waals surface area contributed by atoms with Gasteiger partial charge in [0.25, 0.3) is 0 Å². The molecule has 7 heteroatoms. The molecule has 2 saturated heterocycles. The first-order valence-electron chi connectivity index (χ1n) is 14.1. The molecular weight excluding hydrogens is 442 g/mol. The summed E-state index contributed by atoms with van der Waals surface area (Å²) in [4.78, 5) is 43.2. The third kappa shape index (κ3) is 4.32. The zero-order valence-corrected chi connectivity index (χ0v) is 21.7. The Balaban J connectivity index is 1.43. The van der Waals surface area contributed by atoms with Crippen molar-refractivity contribution in [2.75, 3.05) is 6.54 Å². The van der Waals surface area contributed by atoms with Crippen molar-refractivity contribution in [3.05, 3.63) is 12.2 Å². The Morgan fingerprint density at radius 2 is 1.54 bits per heavy atom. The van der Waals surface area contributed by atoms with Gasteiger partial charge in [-0.15, -0.1) is 0 Å². The Kier molecular flexibility index (Phi) is 6.75.